The maximum Gasteiger partial charge on any atom is 0.308 e. The van der Waals surface area contributed by atoms with Crippen LogP contribution in [0.25, 0.3) is 0 Å². The smallest absolute Gasteiger partial charge is 0.308 e. The van der Waals surface area contributed by atoms with Crippen molar-refractivity contribution in [2.45, 2.75) is 6.92 Å². The number of benzene rings is 1. The van der Waals surface area contributed by atoms with Gasteiger partial charge < -0.3 is 4.74 Å². The van der Waals surface area contributed by atoms with Crippen LogP contribution in [0, 0.1) is 0 Å². The lowest BCUT2D eigenvalue weighted by molar-refractivity contribution is -0.131. The third-order valence-electron chi connectivity index (χ3n) is 2.41. The molecule has 0 aliphatic rings. The molecule has 8 heteroatoms. The Kier molecular flexibility index (Phi) is 4.81. The lowest BCUT2D eigenvalue weighted by atomic mass is 10.2. The van der Waals surface area contributed by atoms with E-state index >= 15 is 0 Å². The summed E-state index contributed by atoms with van der Waals surface area (Å²) in [5.74, 6) is -0.946. The molecule has 0 N–H and O–H groups in total. The Balaban J connectivity index is 2.43. The van der Waals surface area contributed by atoms with Crippen LogP contribution >= 0.6 is 11.3 Å². The molecule has 0 spiro atoms. The highest BCUT2D eigenvalue weighted by atomic mass is 32.2. The van der Waals surface area contributed by atoms with Gasteiger partial charge >= 0.3 is 5.97 Å². The minimum absolute atomic E-state index is 0.127. The molecule has 6 nitrogen and oxygen atoms in total. The standard InChI is InChI=1S/C13H12N2O4S2/c1-9(16)19-11-6-4-3-5-10(11)12(17)15(21(2)18)13-14-7-8-20-13/h3-8H,1-2H3. The third-order valence-corrected chi connectivity index (χ3v) is 4.13. The Labute approximate surface area is 128 Å². The zero-order valence-corrected chi connectivity index (χ0v) is 12.9. The first-order valence-electron chi connectivity index (χ1n) is 5.85. The van der Waals surface area contributed by atoms with Gasteiger partial charge in [0.05, 0.1) is 5.56 Å². The van der Waals surface area contributed by atoms with Crippen molar-refractivity contribution in [2.75, 3.05) is 10.6 Å². The predicted octanol–water partition coefficient (Wildman–Crippen LogP) is 2.01. The molecular formula is C13H12N2O4S2. The van der Waals surface area contributed by atoms with Crippen molar-refractivity contribution < 1.29 is 18.5 Å². The molecule has 2 rings (SSSR count). The quantitative estimate of drug-likeness (QED) is 0.635. The number of carbonyl (C=O) groups excluding carboxylic acids is 2. The molecule has 1 aromatic heterocycles. The number of nitrogens with zero attached hydrogens (tertiary/aromatic N) is 2. The van der Waals surface area contributed by atoms with Gasteiger partial charge in [-0.2, -0.15) is 4.31 Å². The predicted molar refractivity (Wildman–Crippen MR) is 80.7 cm³/mol. The number of hydrogen-bond donors (Lipinski definition) is 0. The van der Waals surface area contributed by atoms with E-state index in [0.717, 1.165) is 4.31 Å². The molecule has 0 bridgehead atoms. The molecule has 1 unspecified atom stereocenters. The van der Waals surface area contributed by atoms with Gasteiger partial charge in [0, 0.05) is 24.8 Å². The van der Waals surface area contributed by atoms with Crippen molar-refractivity contribution in [1.82, 2.24) is 4.98 Å². The lowest BCUT2D eigenvalue weighted by Gasteiger charge is -2.17. The molecule has 2 aromatic rings. The van der Waals surface area contributed by atoms with Gasteiger partial charge in [-0.15, -0.1) is 11.3 Å². The fourth-order valence-corrected chi connectivity index (χ4v) is 3.21. The number of aromatic nitrogens is 1. The number of ether oxygens (including phenoxy) is 1. The second kappa shape index (κ2) is 6.59. The number of hydrogen-bond acceptors (Lipinski definition) is 6. The van der Waals surface area contributed by atoms with Crippen LogP contribution in [0.5, 0.6) is 5.75 Å². The maximum atomic E-state index is 12.6. The van der Waals surface area contributed by atoms with Gasteiger partial charge in [-0.3, -0.25) is 9.59 Å². The van der Waals surface area contributed by atoms with Crippen LogP contribution in [0.4, 0.5) is 5.13 Å². The largest absolute Gasteiger partial charge is 0.426 e. The third kappa shape index (κ3) is 3.53. The van der Waals surface area contributed by atoms with Crippen molar-refractivity contribution in [3.63, 3.8) is 0 Å². The molecule has 1 aromatic carbocycles. The van der Waals surface area contributed by atoms with Gasteiger partial charge in [-0.05, 0) is 12.1 Å². The SMILES string of the molecule is CC(=O)Oc1ccccc1C(=O)N(c1nccs1)S(C)=O. The van der Waals surface area contributed by atoms with Crippen LogP contribution in [0.15, 0.2) is 35.8 Å². The normalized spacial score (nSPS) is 11.7. The van der Waals surface area contributed by atoms with Crippen LogP contribution in [0.1, 0.15) is 17.3 Å². The van der Waals surface area contributed by atoms with Crippen molar-refractivity contribution >= 4 is 39.3 Å². The number of anilines is 1. The Hall–Kier alpha value is -2.06. The summed E-state index contributed by atoms with van der Waals surface area (Å²) in [6.07, 6.45) is 2.90. The summed E-state index contributed by atoms with van der Waals surface area (Å²) in [6, 6.07) is 6.30. The van der Waals surface area contributed by atoms with E-state index in [1.54, 1.807) is 17.5 Å². The van der Waals surface area contributed by atoms with E-state index in [1.165, 1.54) is 42.8 Å². The van der Waals surface area contributed by atoms with Gasteiger partial charge in [0.1, 0.15) is 16.7 Å². The fraction of sp³-hybridized carbons (Fsp3) is 0.154. The summed E-state index contributed by atoms with van der Waals surface area (Å²) in [7, 11) is -1.59. The van der Waals surface area contributed by atoms with Gasteiger partial charge in [0.15, 0.2) is 0 Å². The number of para-hydroxylation sites is 1. The summed E-state index contributed by atoms with van der Waals surface area (Å²) in [6.45, 7) is 1.25. The second-order valence-electron chi connectivity index (χ2n) is 3.93. The average Bonchev–Trinajstić information content (AvgIpc) is 2.92. The minimum Gasteiger partial charge on any atom is -0.426 e. The van der Waals surface area contributed by atoms with Gasteiger partial charge in [-0.1, -0.05) is 12.1 Å². The summed E-state index contributed by atoms with van der Waals surface area (Å²) in [5.41, 5.74) is 0.151. The Morgan fingerprint density at radius 3 is 2.62 bits per heavy atom. The van der Waals surface area contributed by atoms with E-state index < -0.39 is 22.9 Å². The Morgan fingerprint density at radius 2 is 2.05 bits per heavy atom. The second-order valence-corrected chi connectivity index (χ2v) is 6.01. The van der Waals surface area contributed by atoms with Crippen LogP contribution < -0.4 is 9.04 Å². The molecule has 0 aliphatic carbocycles. The molecule has 0 saturated carbocycles. The number of rotatable bonds is 4. The highest BCUT2D eigenvalue weighted by Gasteiger charge is 2.26. The first-order valence-corrected chi connectivity index (χ1v) is 8.25. The highest BCUT2D eigenvalue weighted by molar-refractivity contribution is 7.86. The molecular weight excluding hydrogens is 312 g/mol. The van der Waals surface area contributed by atoms with E-state index in [2.05, 4.69) is 4.98 Å². The van der Waals surface area contributed by atoms with E-state index in [1.807, 2.05) is 0 Å². The summed E-state index contributed by atoms with van der Waals surface area (Å²) in [4.78, 5) is 27.7. The molecule has 1 amide bonds. The first kappa shape index (κ1) is 15.3. The molecule has 0 fully saturated rings. The number of esters is 1. The summed E-state index contributed by atoms with van der Waals surface area (Å²) >= 11 is 1.20. The monoisotopic (exact) mass is 324 g/mol. The van der Waals surface area contributed by atoms with E-state index in [-0.39, 0.29) is 11.3 Å². The zero-order chi connectivity index (χ0) is 15.4. The molecule has 1 atom stereocenters. The van der Waals surface area contributed by atoms with E-state index in [0.29, 0.717) is 5.13 Å². The molecule has 0 radical (unpaired) electrons. The van der Waals surface area contributed by atoms with Crippen molar-refractivity contribution in [3.05, 3.63) is 41.4 Å². The molecule has 0 saturated heterocycles. The maximum absolute atomic E-state index is 12.6. The Bertz CT molecular complexity index is 685. The topological polar surface area (TPSA) is 76.6 Å². The molecule has 21 heavy (non-hydrogen) atoms. The number of amides is 1. The van der Waals surface area contributed by atoms with Gasteiger partial charge in [0.25, 0.3) is 5.91 Å². The molecule has 0 aliphatic heterocycles. The first-order chi connectivity index (χ1) is 10.0. The summed E-state index contributed by atoms with van der Waals surface area (Å²) in [5, 5.41) is 2.00. The van der Waals surface area contributed by atoms with Crippen LogP contribution in [-0.4, -0.2) is 27.3 Å². The van der Waals surface area contributed by atoms with E-state index in [9.17, 15) is 13.8 Å². The van der Waals surface area contributed by atoms with Crippen molar-refractivity contribution in [3.8, 4) is 5.75 Å². The number of carbonyl (C=O) groups is 2. The Morgan fingerprint density at radius 1 is 1.33 bits per heavy atom. The van der Waals surface area contributed by atoms with E-state index in [4.69, 9.17) is 4.74 Å². The lowest BCUT2D eigenvalue weighted by Crippen LogP contribution is -2.32. The van der Waals surface area contributed by atoms with Gasteiger partial charge in [-0.25, -0.2) is 9.19 Å². The highest BCUT2D eigenvalue weighted by Crippen LogP contribution is 2.25. The van der Waals surface area contributed by atoms with Crippen LogP contribution in [-0.2, 0) is 15.8 Å². The number of thiazole rings is 1. The fourth-order valence-electron chi connectivity index (χ4n) is 1.63. The van der Waals surface area contributed by atoms with Crippen molar-refractivity contribution in [1.29, 1.82) is 0 Å². The van der Waals surface area contributed by atoms with Gasteiger partial charge in [0.2, 0.25) is 5.13 Å². The molecule has 110 valence electrons. The average molecular weight is 324 g/mol. The van der Waals surface area contributed by atoms with Crippen molar-refractivity contribution in [2.24, 2.45) is 0 Å². The minimum atomic E-state index is -1.59. The van der Waals surface area contributed by atoms with Crippen LogP contribution in [0.3, 0.4) is 0 Å². The molecule has 1 heterocycles. The van der Waals surface area contributed by atoms with Crippen LogP contribution in [0.2, 0.25) is 0 Å². The summed E-state index contributed by atoms with van der Waals surface area (Å²) < 4.78 is 17.9. The zero-order valence-electron chi connectivity index (χ0n) is 11.3.